The van der Waals surface area contributed by atoms with Crippen LogP contribution in [0, 0.1) is 0 Å². The molecule has 22 heavy (non-hydrogen) atoms. The van der Waals surface area contributed by atoms with Crippen LogP contribution in [-0.4, -0.2) is 42.3 Å². The van der Waals surface area contributed by atoms with Crippen molar-refractivity contribution in [3.05, 3.63) is 22.4 Å². The zero-order valence-corrected chi connectivity index (χ0v) is 15.0. The van der Waals surface area contributed by atoms with E-state index < -0.39 is 23.7 Å². The summed E-state index contributed by atoms with van der Waals surface area (Å²) in [6, 6.07) is 1.38. The van der Waals surface area contributed by atoms with Gasteiger partial charge < -0.3 is 14.8 Å². The van der Waals surface area contributed by atoms with Crippen LogP contribution in [-0.2, 0) is 20.7 Å². The molecule has 0 bridgehead atoms. The summed E-state index contributed by atoms with van der Waals surface area (Å²) < 4.78 is 9.89. The lowest BCUT2D eigenvalue weighted by Gasteiger charge is -2.22. The molecule has 7 heteroatoms. The standard InChI is InChI=1S/C15H23NO4S2/c1-15(2,3)20-14(18)16-12(13(17)19-4)10-22-8-6-11-5-7-21-9-11/h5,7,9,12H,6,8,10H2,1-4H3,(H,16,18)/t12-/m0/s1. The van der Waals surface area contributed by atoms with Crippen molar-refractivity contribution in [2.75, 3.05) is 18.6 Å². The quantitative estimate of drug-likeness (QED) is 0.608. The third kappa shape index (κ3) is 7.70. The molecule has 0 aliphatic heterocycles. The Morgan fingerprint density at radius 2 is 2.14 bits per heavy atom. The molecule has 0 fully saturated rings. The monoisotopic (exact) mass is 345 g/mol. The minimum Gasteiger partial charge on any atom is -0.467 e. The Balaban J connectivity index is 2.40. The molecule has 0 aliphatic rings. The summed E-state index contributed by atoms with van der Waals surface area (Å²) in [6.45, 7) is 5.32. The topological polar surface area (TPSA) is 64.6 Å². The number of rotatable bonds is 7. The predicted molar refractivity (Wildman–Crippen MR) is 90.5 cm³/mol. The van der Waals surface area contributed by atoms with Gasteiger partial charge in [0.25, 0.3) is 0 Å². The molecule has 1 atom stereocenters. The van der Waals surface area contributed by atoms with Crippen LogP contribution in [0.4, 0.5) is 4.79 Å². The summed E-state index contributed by atoms with van der Waals surface area (Å²) in [5.41, 5.74) is 0.684. The molecule has 1 amide bonds. The smallest absolute Gasteiger partial charge is 0.408 e. The van der Waals surface area contributed by atoms with Gasteiger partial charge in [0.05, 0.1) is 7.11 Å². The van der Waals surface area contributed by atoms with Crippen molar-refractivity contribution in [3.8, 4) is 0 Å². The van der Waals surface area contributed by atoms with E-state index in [1.165, 1.54) is 12.7 Å². The fourth-order valence-electron chi connectivity index (χ4n) is 1.59. The Hall–Kier alpha value is -1.21. The van der Waals surface area contributed by atoms with Gasteiger partial charge >= 0.3 is 12.1 Å². The molecule has 0 saturated heterocycles. The Labute approximate surface area is 139 Å². The lowest BCUT2D eigenvalue weighted by atomic mass is 10.2. The number of hydrogen-bond donors (Lipinski definition) is 1. The molecule has 0 radical (unpaired) electrons. The molecular formula is C15H23NO4S2. The highest BCUT2D eigenvalue weighted by atomic mass is 32.2. The zero-order valence-electron chi connectivity index (χ0n) is 13.4. The predicted octanol–water partition coefficient (Wildman–Crippen LogP) is 3.09. The van der Waals surface area contributed by atoms with Crippen LogP contribution >= 0.6 is 23.1 Å². The number of alkyl carbamates (subject to hydrolysis) is 1. The van der Waals surface area contributed by atoms with Gasteiger partial charge in [0.1, 0.15) is 11.6 Å². The lowest BCUT2D eigenvalue weighted by molar-refractivity contribution is -0.142. The maximum absolute atomic E-state index is 11.8. The van der Waals surface area contributed by atoms with Crippen LogP contribution in [0.5, 0.6) is 0 Å². The molecule has 5 nitrogen and oxygen atoms in total. The van der Waals surface area contributed by atoms with E-state index >= 15 is 0 Å². The molecular weight excluding hydrogens is 322 g/mol. The van der Waals surface area contributed by atoms with Crippen LogP contribution in [0.1, 0.15) is 26.3 Å². The molecule has 0 spiro atoms. The molecule has 0 unspecified atom stereocenters. The van der Waals surface area contributed by atoms with Crippen LogP contribution in [0.2, 0.25) is 0 Å². The molecule has 1 N–H and O–H groups in total. The Morgan fingerprint density at radius 1 is 1.41 bits per heavy atom. The van der Waals surface area contributed by atoms with Crippen LogP contribution in [0.15, 0.2) is 16.8 Å². The number of thiophene rings is 1. The minimum absolute atomic E-state index is 0.454. The van der Waals surface area contributed by atoms with Crippen molar-refractivity contribution < 1.29 is 19.1 Å². The van der Waals surface area contributed by atoms with Gasteiger partial charge in [-0.15, -0.1) is 0 Å². The van der Waals surface area contributed by atoms with Crippen molar-refractivity contribution in [3.63, 3.8) is 0 Å². The van der Waals surface area contributed by atoms with E-state index in [4.69, 9.17) is 9.47 Å². The van der Waals surface area contributed by atoms with Crippen LogP contribution in [0.25, 0.3) is 0 Å². The second-order valence-electron chi connectivity index (χ2n) is 5.68. The van der Waals surface area contributed by atoms with Crippen molar-refractivity contribution >= 4 is 35.2 Å². The average Bonchev–Trinajstić information content (AvgIpc) is 2.92. The van der Waals surface area contributed by atoms with Crippen molar-refractivity contribution in [2.45, 2.75) is 38.8 Å². The first-order chi connectivity index (χ1) is 10.3. The summed E-state index contributed by atoms with van der Waals surface area (Å²) in [4.78, 5) is 23.5. The number of carbonyl (C=O) groups excluding carboxylic acids is 2. The van der Waals surface area contributed by atoms with E-state index in [1.54, 1.807) is 43.9 Å². The highest BCUT2D eigenvalue weighted by Crippen LogP contribution is 2.12. The van der Waals surface area contributed by atoms with Gasteiger partial charge in [-0.3, -0.25) is 0 Å². The summed E-state index contributed by atoms with van der Waals surface area (Å²) in [6.07, 6.45) is 0.329. The lowest BCUT2D eigenvalue weighted by Crippen LogP contribution is -2.45. The van der Waals surface area contributed by atoms with E-state index in [9.17, 15) is 9.59 Å². The molecule has 0 aliphatic carbocycles. The molecule has 0 aromatic carbocycles. The van der Waals surface area contributed by atoms with Gasteiger partial charge in [0.15, 0.2) is 0 Å². The van der Waals surface area contributed by atoms with Crippen LogP contribution < -0.4 is 5.32 Å². The van der Waals surface area contributed by atoms with Crippen LogP contribution in [0.3, 0.4) is 0 Å². The maximum atomic E-state index is 11.8. The van der Waals surface area contributed by atoms with Gasteiger partial charge in [-0.25, -0.2) is 9.59 Å². The van der Waals surface area contributed by atoms with Gasteiger partial charge in [-0.1, -0.05) is 0 Å². The number of amides is 1. The molecule has 1 aromatic heterocycles. The summed E-state index contributed by atoms with van der Waals surface area (Å²) >= 11 is 3.27. The average molecular weight is 345 g/mol. The van der Waals surface area contributed by atoms with E-state index in [1.807, 2.05) is 5.38 Å². The SMILES string of the molecule is COC(=O)[C@H](CSCCc1ccsc1)NC(=O)OC(C)(C)C. The molecule has 124 valence electrons. The third-order valence-electron chi connectivity index (χ3n) is 2.58. The van der Waals surface area contributed by atoms with Gasteiger partial charge in [0.2, 0.25) is 0 Å². The number of esters is 1. The number of ether oxygens (including phenoxy) is 2. The second-order valence-corrected chi connectivity index (χ2v) is 7.61. The number of carbonyl (C=O) groups is 2. The van der Waals surface area contributed by atoms with E-state index in [-0.39, 0.29) is 0 Å². The zero-order chi connectivity index (χ0) is 16.6. The first kappa shape index (κ1) is 18.8. The Bertz CT molecular complexity index is 468. The number of aryl methyl sites for hydroxylation is 1. The third-order valence-corrected chi connectivity index (χ3v) is 4.37. The fraction of sp³-hybridized carbons (Fsp3) is 0.600. The second kappa shape index (κ2) is 9.05. The van der Waals surface area contributed by atoms with Crippen molar-refractivity contribution in [1.82, 2.24) is 5.32 Å². The Kier molecular flexibility index (Phi) is 7.75. The summed E-state index contributed by atoms with van der Waals surface area (Å²) in [5.74, 6) is 0.866. The maximum Gasteiger partial charge on any atom is 0.408 e. The highest BCUT2D eigenvalue weighted by Gasteiger charge is 2.24. The van der Waals surface area contributed by atoms with Gasteiger partial charge in [0, 0.05) is 5.75 Å². The molecule has 1 rings (SSSR count). The highest BCUT2D eigenvalue weighted by molar-refractivity contribution is 7.99. The van der Waals surface area contributed by atoms with Gasteiger partial charge in [-0.05, 0) is 55.3 Å². The van der Waals surface area contributed by atoms with E-state index in [2.05, 4.69) is 16.8 Å². The summed E-state index contributed by atoms with van der Waals surface area (Å²) in [5, 5.41) is 6.71. The molecule has 0 saturated carbocycles. The normalized spacial score (nSPS) is 12.5. The minimum atomic E-state index is -0.702. The fourth-order valence-corrected chi connectivity index (χ4v) is 3.29. The van der Waals surface area contributed by atoms with Gasteiger partial charge in [-0.2, -0.15) is 23.1 Å². The van der Waals surface area contributed by atoms with Crippen molar-refractivity contribution in [1.29, 1.82) is 0 Å². The number of methoxy groups -OCH3 is 1. The Morgan fingerprint density at radius 3 is 2.68 bits per heavy atom. The number of thioether (sulfide) groups is 1. The first-order valence-electron chi connectivity index (χ1n) is 6.98. The number of hydrogen-bond acceptors (Lipinski definition) is 6. The largest absolute Gasteiger partial charge is 0.467 e. The van der Waals surface area contributed by atoms with E-state index in [0.29, 0.717) is 5.75 Å². The molecule has 1 aromatic rings. The number of nitrogens with one attached hydrogen (secondary N) is 1. The molecule has 1 heterocycles. The van der Waals surface area contributed by atoms with Crippen molar-refractivity contribution in [2.24, 2.45) is 0 Å². The summed E-state index contributed by atoms with van der Waals surface area (Å²) in [7, 11) is 1.31. The van der Waals surface area contributed by atoms with E-state index in [0.717, 1.165) is 12.2 Å². The first-order valence-corrected chi connectivity index (χ1v) is 9.07.